The first-order valence-electron chi connectivity index (χ1n) is 5.38. The Bertz CT molecular complexity index is 473. The second-order valence-electron chi connectivity index (χ2n) is 4.14. The Labute approximate surface area is 104 Å². The van der Waals surface area contributed by atoms with Crippen LogP contribution in [0.1, 0.15) is 13.8 Å². The summed E-state index contributed by atoms with van der Waals surface area (Å²) in [7, 11) is 0. The molecule has 17 heavy (non-hydrogen) atoms. The Balaban J connectivity index is 2.21. The highest BCUT2D eigenvalue weighted by molar-refractivity contribution is 8.15. The number of nitrogens with zero attached hydrogens (tertiary/aromatic N) is 1. The van der Waals surface area contributed by atoms with Gasteiger partial charge < -0.3 is 5.32 Å². The molecule has 1 unspecified atom stereocenters. The Hall–Kier alpha value is -1.36. The van der Waals surface area contributed by atoms with Crippen LogP contribution in [0.2, 0.25) is 0 Å². The first kappa shape index (κ1) is 12.1. The highest BCUT2D eigenvalue weighted by Gasteiger charge is 2.32. The maximum Gasteiger partial charge on any atom is 0.239 e. The lowest BCUT2D eigenvalue weighted by Gasteiger charge is -2.07. The molecule has 1 saturated heterocycles. The number of carbonyl (C=O) groups is 1. The number of benzene rings is 1. The van der Waals surface area contributed by atoms with Crippen molar-refractivity contribution in [3.8, 4) is 0 Å². The normalized spacial score (nSPS) is 22.2. The molecule has 1 aliphatic heterocycles. The maximum absolute atomic E-state index is 13.4. The molecular formula is C12H13FN2OS. The third kappa shape index (κ3) is 2.66. The molecule has 0 aromatic heterocycles. The van der Waals surface area contributed by atoms with E-state index >= 15 is 0 Å². The van der Waals surface area contributed by atoms with E-state index < -0.39 is 0 Å². The lowest BCUT2D eigenvalue weighted by atomic mass is 10.1. The number of thioether (sulfide) groups is 1. The summed E-state index contributed by atoms with van der Waals surface area (Å²) in [5.41, 5.74) is 0.250. The summed E-state index contributed by atoms with van der Waals surface area (Å²) in [6.07, 6.45) is 0. The van der Waals surface area contributed by atoms with Crippen LogP contribution in [-0.4, -0.2) is 16.3 Å². The SMILES string of the molecule is CC(C)C1SC(=Nc2ccccc2F)NC1=O. The summed E-state index contributed by atoms with van der Waals surface area (Å²) < 4.78 is 13.4. The first-order chi connectivity index (χ1) is 8.08. The molecule has 1 N–H and O–H groups in total. The number of amidine groups is 1. The monoisotopic (exact) mass is 252 g/mol. The number of para-hydroxylation sites is 1. The van der Waals surface area contributed by atoms with E-state index in [2.05, 4.69) is 10.3 Å². The van der Waals surface area contributed by atoms with Gasteiger partial charge in [-0.2, -0.15) is 0 Å². The third-order valence-electron chi connectivity index (χ3n) is 2.41. The van der Waals surface area contributed by atoms with Gasteiger partial charge in [0, 0.05) is 0 Å². The van der Waals surface area contributed by atoms with Gasteiger partial charge in [-0.15, -0.1) is 0 Å². The van der Waals surface area contributed by atoms with E-state index in [1.54, 1.807) is 18.2 Å². The van der Waals surface area contributed by atoms with Crippen LogP contribution in [0, 0.1) is 11.7 Å². The average molecular weight is 252 g/mol. The molecule has 1 amide bonds. The molecule has 2 rings (SSSR count). The van der Waals surface area contributed by atoms with Gasteiger partial charge in [0.15, 0.2) is 5.17 Å². The van der Waals surface area contributed by atoms with Crippen LogP contribution in [0.25, 0.3) is 0 Å². The minimum atomic E-state index is -0.386. The molecule has 1 aromatic carbocycles. The molecule has 0 spiro atoms. The summed E-state index contributed by atoms with van der Waals surface area (Å²) in [6, 6.07) is 6.25. The van der Waals surface area contributed by atoms with Crippen molar-refractivity contribution in [3.63, 3.8) is 0 Å². The minimum absolute atomic E-state index is 0.0555. The van der Waals surface area contributed by atoms with Crippen molar-refractivity contribution in [1.29, 1.82) is 0 Å². The lowest BCUT2D eigenvalue weighted by Crippen LogP contribution is -2.27. The van der Waals surface area contributed by atoms with Crippen LogP contribution in [-0.2, 0) is 4.79 Å². The number of hydrogen-bond acceptors (Lipinski definition) is 3. The standard InChI is InChI=1S/C12H13FN2OS/c1-7(2)10-11(16)15-12(17-10)14-9-6-4-3-5-8(9)13/h3-7,10H,1-2H3,(H,14,15,16). The van der Waals surface area contributed by atoms with E-state index in [1.165, 1.54) is 17.8 Å². The molecule has 1 heterocycles. The van der Waals surface area contributed by atoms with Gasteiger partial charge in [-0.25, -0.2) is 9.38 Å². The topological polar surface area (TPSA) is 41.5 Å². The third-order valence-corrected chi connectivity index (χ3v) is 3.84. The van der Waals surface area contributed by atoms with Crippen molar-refractivity contribution in [1.82, 2.24) is 5.32 Å². The molecule has 0 bridgehead atoms. The molecule has 1 aromatic rings. The van der Waals surface area contributed by atoms with Gasteiger partial charge in [0.2, 0.25) is 5.91 Å². The zero-order valence-electron chi connectivity index (χ0n) is 9.61. The lowest BCUT2D eigenvalue weighted by molar-refractivity contribution is -0.119. The highest BCUT2D eigenvalue weighted by atomic mass is 32.2. The summed E-state index contributed by atoms with van der Waals surface area (Å²) in [4.78, 5) is 15.7. The van der Waals surface area contributed by atoms with Gasteiger partial charge in [0.05, 0.1) is 5.25 Å². The second kappa shape index (κ2) is 4.87. The number of hydrogen-bond donors (Lipinski definition) is 1. The predicted octanol–water partition coefficient (Wildman–Crippen LogP) is 2.70. The number of nitrogens with one attached hydrogen (secondary N) is 1. The van der Waals surface area contributed by atoms with Crippen molar-refractivity contribution in [2.45, 2.75) is 19.1 Å². The van der Waals surface area contributed by atoms with Gasteiger partial charge in [0.25, 0.3) is 0 Å². The van der Waals surface area contributed by atoms with Crippen molar-refractivity contribution < 1.29 is 9.18 Å². The van der Waals surface area contributed by atoms with Gasteiger partial charge in [-0.1, -0.05) is 37.7 Å². The van der Waals surface area contributed by atoms with Crippen LogP contribution in [0.3, 0.4) is 0 Å². The smallest absolute Gasteiger partial charge is 0.239 e. The van der Waals surface area contributed by atoms with Crippen LogP contribution in [0.4, 0.5) is 10.1 Å². The van der Waals surface area contributed by atoms with Gasteiger partial charge in [-0.05, 0) is 18.1 Å². The molecular weight excluding hydrogens is 239 g/mol. The highest BCUT2D eigenvalue weighted by Crippen LogP contribution is 2.28. The Kier molecular flexibility index (Phi) is 3.47. The molecule has 1 aliphatic rings. The van der Waals surface area contributed by atoms with Crippen molar-refractivity contribution in [2.24, 2.45) is 10.9 Å². The quantitative estimate of drug-likeness (QED) is 0.879. The van der Waals surface area contributed by atoms with E-state index in [1.807, 2.05) is 13.8 Å². The summed E-state index contributed by atoms with van der Waals surface area (Å²) in [6.45, 7) is 3.95. The molecule has 0 aliphatic carbocycles. The summed E-state index contributed by atoms with van der Waals surface area (Å²) in [5.74, 6) is -0.212. The number of amides is 1. The number of aliphatic imine (C=N–C) groups is 1. The fourth-order valence-electron chi connectivity index (χ4n) is 1.52. The van der Waals surface area contributed by atoms with E-state index in [4.69, 9.17) is 0 Å². The fourth-order valence-corrected chi connectivity index (χ4v) is 2.51. The molecule has 3 nitrogen and oxygen atoms in total. The van der Waals surface area contributed by atoms with Crippen LogP contribution in [0.15, 0.2) is 29.3 Å². The molecule has 1 fully saturated rings. The molecule has 0 saturated carbocycles. The fraction of sp³-hybridized carbons (Fsp3) is 0.333. The van der Waals surface area contributed by atoms with Crippen molar-refractivity contribution in [3.05, 3.63) is 30.1 Å². The Morgan fingerprint density at radius 2 is 2.12 bits per heavy atom. The average Bonchev–Trinajstić information content (AvgIpc) is 2.63. The zero-order chi connectivity index (χ0) is 12.4. The van der Waals surface area contributed by atoms with Crippen molar-refractivity contribution in [2.75, 3.05) is 0 Å². The van der Waals surface area contributed by atoms with Crippen LogP contribution in [0.5, 0.6) is 0 Å². The van der Waals surface area contributed by atoms with Gasteiger partial charge in [-0.3, -0.25) is 4.79 Å². The first-order valence-corrected chi connectivity index (χ1v) is 6.26. The number of rotatable bonds is 2. The van der Waals surface area contributed by atoms with E-state index in [0.29, 0.717) is 5.17 Å². The summed E-state index contributed by atoms with van der Waals surface area (Å²) >= 11 is 1.35. The number of carbonyl (C=O) groups excluding carboxylic acids is 1. The number of halogens is 1. The predicted molar refractivity (Wildman–Crippen MR) is 67.9 cm³/mol. The van der Waals surface area contributed by atoms with E-state index in [-0.39, 0.29) is 28.6 Å². The largest absolute Gasteiger partial charge is 0.304 e. The Morgan fingerprint density at radius 1 is 1.41 bits per heavy atom. The second-order valence-corrected chi connectivity index (χ2v) is 5.27. The molecule has 90 valence electrons. The van der Waals surface area contributed by atoms with E-state index in [9.17, 15) is 9.18 Å². The minimum Gasteiger partial charge on any atom is -0.304 e. The van der Waals surface area contributed by atoms with E-state index in [0.717, 1.165) is 0 Å². The maximum atomic E-state index is 13.4. The van der Waals surface area contributed by atoms with Crippen LogP contribution >= 0.6 is 11.8 Å². The Morgan fingerprint density at radius 3 is 2.71 bits per heavy atom. The van der Waals surface area contributed by atoms with Crippen LogP contribution < -0.4 is 5.32 Å². The molecule has 5 heteroatoms. The molecule has 0 radical (unpaired) electrons. The zero-order valence-corrected chi connectivity index (χ0v) is 10.4. The van der Waals surface area contributed by atoms with Gasteiger partial charge >= 0.3 is 0 Å². The van der Waals surface area contributed by atoms with Crippen molar-refractivity contribution >= 4 is 28.5 Å². The molecule has 1 atom stereocenters. The van der Waals surface area contributed by atoms with Gasteiger partial charge in [0.1, 0.15) is 11.5 Å². The summed E-state index contributed by atoms with van der Waals surface area (Å²) in [5, 5.41) is 3.00.